The number of amides is 1. The fraction of sp³-hybridized carbons (Fsp3) is 0.208. The summed E-state index contributed by atoms with van der Waals surface area (Å²) >= 11 is 0. The zero-order chi connectivity index (χ0) is 23.9. The van der Waals surface area contributed by atoms with Gasteiger partial charge in [-0.3, -0.25) is 9.59 Å². The topological polar surface area (TPSA) is 79.8 Å². The second-order valence-electron chi connectivity index (χ2n) is 7.90. The largest absolute Gasteiger partial charge is 0.416 e. The first kappa shape index (κ1) is 22.3. The van der Waals surface area contributed by atoms with Gasteiger partial charge in [0, 0.05) is 34.9 Å². The smallest absolute Gasteiger partial charge is 0.358 e. The summed E-state index contributed by atoms with van der Waals surface area (Å²) in [7, 11) is 0. The Bertz CT molecular complexity index is 1430. The fourth-order valence-electron chi connectivity index (χ4n) is 3.66. The van der Waals surface area contributed by atoms with Crippen LogP contribution in [0.15, 0.2) is 53.3 Å². The highest BCUT2D eigenvalue weighted by molar-refractivity contribution is 5.92. The van der Waals surface area contributed by atoms with Gasteiger partial charge in [0.2, 0.25) is 5.43 Å². The predicted octanol–water partition coefficient (Wildman–Crippen LogP) is 4.59. The third-order valence-corrected chi connectivity index (χ3v) is 5.57. The number of rotatable bonds is 4. The molecule has 0 unspecified atom stereocenters. The molecule has 0 aliphatic heterocycles. The summed E-state index contributed by atoms with van der Waals surface area (Å²) in [5.74, 6) is -0.706. The molecule has 2 N–H and O–H groups in total. The molecule has 9 heteroatoms. The minimum absolute atomic E-state index is 0.0973. The molecule has 33 heavy (non-hydrogen) atoms. The second-order valence-corrected chi connectivity index (χ2v) is 7.90. The molecular weight excluding hydrogens is 433 g/mol. The summed E-state index contributed by atoms with van der Waals surface area (Å²) in [6, 6.07) is 11.5. The molecule has 0 spiro atoms. The van der Waals surface area contributed by atoms with Crippen LogP contribution in [-0.4, -0.2) is 20.7 Å². The lowest BCUT2D eigenvalue weighted by Crippen LogP contribution is -2.31. The minimum atomic E-state index is -4.53. The van der Waals surface area contributed by atoms with Crippen molar-refractivity contribution in [3.8, 4) is 5.69 Å². The Balaban J connectivity index is 1.61. The standard InChI is InChI=1S/C24H21F3N4O2/c1-13-9-21(32)22(30-31(13)18-6-4-5-17(11-18)24(25,26)27)23(33)28-12-16-7-8-20-19(10-16)14(2)15(3)29-20/h4-11,29H,12H2,1-3H3,(H,28,33). The van der Waals surface area contributed by atoms with Crippen LogP contribution in [0.3, 0.4) is 0 Å². The molecule has 2 heterocycles. The molecule has 4 rings (SSSR count). The molecule has 6 nitrogen and oxygen atoms in total. The van der Waals surface area contributed by atoms with E-state index >= 15 is 0 Å². The Morgan fingerprint density at radius 2 is 1.85 bits per heavy atom. The summed E-state index contributed by atoms with van der Waals surface area (Å²) in [5.41, 5.74) is 2.55. The van der Waals surface area contributed by atoms with Gasteiger partial charge in [-0.15, -0.1) is 0 Å². The third-order valence-electron chi connectivity index (χ3n) is 5.57. The normalized spacial score (nSPS) is 11.7. The van der Waals surface area contributed by atoms with Crippen molar-refractivity contribution in [2.45, 2.75) is 33.5 Å². The zero-order valence-corrected chi connectivity index (χ0v) is 18.2. The van der Waals surface area contributed by atoms with Crippen molar-refractivity contribution in [1.29, 1.82) is 0 Å². The van der Waals surface area contributed by atoms with Crippen molar-refractivity contribution in [3.63, 3.8) is 0 Å². The maximum Gasteiger partial charge on any atom is 0.416 e. The van der Waals surface area contributed by atoms with E-state index < -0.39 is 28.8 Å². The highest BCUT2D eigenvalue weighted by Crippen LogP contribution is 2.30. The minimum Gasteiger partial charge on any atom is -0.358 e. The fourth-order valence-corrected chi connectivity index (χ4v) is 3.66. The van der Waals surface area contributed by atoms with Crippen LogP contribution in [0.1, 0.15) is 38.6 Å². The molecule has 0 bridgehead atoms. The number of alkyl halides is 3. The van der Waals surface area contributed by atoms with Crippen LogP contribution < -0.4 is 10.7 Å². The van der Waals surface area contributed by atoms with Crippen molar-refractivity contribution < 1.29 is 18.0 Å². The van der Waals surface area contributed by atoms with Gasteiger partial charge in [-0.25, -0.2) is 4.68 Å². The molecule has 0 aliphatic carbocycles. The van der Waals surface area contributed by atoms with E-state index in [1.54, 1.807) is 0 Å². The first-order chi connectivity index (χ1) is 15.5. The number of benzene rings is 2. The van der Waals surface area contributed by atoms with Crippen molar-refractivity contribution in [2.24, 2.45) is 0 Å². The lowest BCUT2D eigenvalue weighted by atomic mass is 10.1. The Morgan fingerprint density at radius 1 is 1.09 bits per heavy atom. The summed E-state index contributed by atoms with van der Waals surface area (Å²) in [6.45, 7) is 5.68. The molecule has 0 saturated heterocycles. The molecule has 2 aromatic heterocycles. The molecular formula is C24H21F3N4O2. The number of carbonyl (C=O) groups excluding carboxylic acids is 1. The first-order valence-electron chi connectivity index (χ1n) is 10.2. The average molecular weight is 454 g/mol. The van der Waals surface area contributed by atoms with Gasteiger partial charge in [-0.1, -0.05) is 12.1 Å². The second kappa shape index (κ2) is 8.23. The van der Waals surface area contributed by atoms with Crippen LogP contribution in [0.25, 0.3) is 16.6 Å². The van der Waals surface area contributed by atoms with Gasteiger partial charge in [0.05, 0.1) is 11.3 Å². The highest BCUT2D eigenvalue weighted by atomic mass is 19.4. The van der Waals surface area contributed by atoms with Crippen LogP contribution in [0.2, 0.25) is 0 Å². The maximum atomic E-state index is 13.1. The van der Waals surface area contributed by atoms with E-state index in [4.69, 9.17) is 0 Å². The number of nitrogens with one attached hydrogen (secondary N) is 2. The Morgan fingerprint density at radius 3 is 2.58 bits per heavy atom. The number of aryl methyl sites for hydroxylation is 3. The highest BCUT2D eigenvalue weighted by Gasteiger charge is 2.30. The zero-order valence-electron chi connectivity index (χ0n) is 18.2. The molecule has 0 atom stereocenters. The Kier molecular flexibility index (Phi) is 5.57. The number of carbonyl (C=O) groups is 1. The number of halogens is 3. The van der Waals surface area contributed by atoms with Crippen molar-refractivity contribution in [1.82, 2.24) is 20.1 Å². The van der Waals surface area contributed by atoms with Gasteiger partial charge >= 0.3 is 6.18 Å². The molecule has 170 valence electrons. The number of H-pyrrole nitrogens is 1. The molecule has 0 aliphatic rings. The van der Waals surface area contributed by atoms with E-state index in [0.29, 0.717) is 5.69 Å². The molecule has 0 saturated carbocycles. The number of hydrogen-bond donors (Lipinski definition) is 2. The van der Waals surface area contributed by atoms with E-state index in [1.807, 2.05) is 32.0 Å². The van der Waals surface area contributed by atoms with E-state index in [-0.39, 0.29) is 12.2 Å². The van der Waals surface area contributed by atoms with E-state index in [2.05, 4.69) is 15.4 Å². The summed E-state index contributed by atoms with van der Waals surface area (Å²) < 4.78 is 40.4. The van der Waals surface area contributed by atoms with Gasteiger partial charge in [-0.2, -0.15) is 18.3 Å². The van der Waals surface area contributed by atoms with Crippen LogP contribution in [0.5, 0.6) is 0 Å². The predicted molar refractivity (Wildman–Crippen MR) is 119 cm³/mol. The maximum absolute atomic E-state index is 13.1. The van der Waals surface area contributed by atoms with Gasteiger partial charge in [-0.05, 0) is 62.2 Å². The number of nitrogens with zero attached hydrogens (tertiary/aromatic N) is 2. The summed E-state index contributed by atoms with van der Waals surface area (Å²) in [5, 5.41) is 7.78. The number of aromatic amines is 1. The first-order valence-corrected chi connectivity index (χ1v) is 10.2. The molecule has 4 aromatic rings. The number of hydrogen-bond acceptors (Lipinski definition) is 3. The monoisotopic (exact) mass is 454 g/mol. The van der Waals surface area contributed by atoms with Gasteiger partial charge in [0.15, 0.2) is 5.69 Å². The molecule has 1 amide bonds. The van der Waals surface area contributed by atoms with Crippen LogP contribution in [-0.2, 0) is 12.7 Å². The van der Waals surface area contributed by atoms with Crippen molar-refractivity contribution in [3.05, 3.63) is 92.5 Å². The van der Waals surface area contributed by atoms with Gasteiger partial charge < -0.3 is 10.3 Å². The van der Waals surface area contributed by atoms with E-state index in [1.165, 1.54) is 25.1 Å². The Hall–Kier alpha value is -3.88. The lowest BCUT2D eigenvalue weighted by molar-refractivity contribution is -0.137. The van der Waals surface area contributed by atoms with Gasteiger partial charge in [0.1, 0.15) is 0 Å². The van der Waals surface area contributed by atoms with E-state index in [9.17, 15) is 22.8 Å². The third kappa shape index (κ3) is 4.39. The molecule has 0 radical (unpaired) electrons. The molecule has 2 aromatic carbocycles. The lowest BCUT2D eigenvalue weighted by Gasteiger charge is -2.13. The average Bonchev–Trinajstić information content (AvgIpc) is 3.05. The summed E-state index contributed by atoms with van der Waals surface area (Å²) in [6.07, 6.45) is -4.53. The molecule has 0 fully saturated rings. The van der Waals surface area contributed by atoms with Crippen LogP contribution >= 0.6 is 0 Å². The van der Waals surface area contributed by atoms with Crippen LogP contribution in [0.4, 0.5) is 13.2 Å². The van der Waals surface area contributed by atoms with Crippen molar-refractivity contribution in [2.75, 3.05) is 0 Å². The quantitative estimate of drug-likeness (QED) is 0.474. The van der Waals surface area contributed by atoms with Crippen molar-refractivity contribution >= 4 is 16.8 Å². The summed E-state index contributed by atoms with van der Waals surface area (Å²) in [4.78, 5) is 28.4. The number of fused-ring (bicyclic) bond motifs is 1. The van der Waals surface area contributed by atoms with Crippen LogP contribution in [0, 0.1) is 20.8 Å². The Labute approximate surface area is 187 Å². The van der Waals surface area contributed by atoms with E-state index in [0.717, 1.165) is 44.5 Å². The van der Waals surface area contributed by atoms with Gasteiger partial charge in [0.25, 0.3) is 5.91 Å². The SMILES string of the molecule is Cc1[nH]c2ccc(CNC(=O)c3nn(-c4cccc(C(F)(F)F)c4)c(C)cc3=O)cc2c1C. The number of aromatic nitrogens is 3.